The second-order valence-corrected chi connectivity index (χ2v) is 9.87. The number of hydrazone groups is 1. The topological polar surface area (TPSA) is 78.8 Å². The van der Waals surface area contributed by atoms with Crippen LogP contribution in [0.3, 0.4) is 0 Å². The predicted molar refractivity (Wildman–Crippen MR) is 128 cm³/mol. The van der Waals surface area contributed by atoms with Crippen molar-refractivity contribution in [3.63, 3.8) is 0 Å². The molecule has 0 fully saturated rings. The normalized spacial score (nSPS) is 11.8. The number of carbonyl (C=O) groups excluding carboxylic acids is 1. The summed E-state index contributed by atoms with van der Waals surface area (Å²) in [7, 11) is -3.97. The summed E-state index contributed by atoms with van der Waals surface area (Å²) in [6.07, 6.45) is 1.38. The molecule has 1 amide bonds. The maximum Gasteiger partial charge on any atom is 0.255 e. The zero-order chi connectivity index (χ0) is 23.1. The van der Waals surface area contributed by atoms with Gasteiger partial charge in [-0.15, -0.1) is 0 Å². The Kier molecular flexibility index (Phi) is 8.28. The van der Waals surface area contributed by atoms with Gasteiger partial charge in [-0.05, 0) is 47.5 Å². The van der Waals surface area contributed by atoms with Crippen LogP contribution in [0.4, 0.5) is 0 Å². The van der Waals surface area contributed by atoms with Gasteiger partial charge in [0, 0.05) is 11.6 Å². The van der Waals surface area contributed by atoms with Gasteiger partial charge in [-0.3, -0.25) is 4.79 Å². The first kappa shape index (κ1) is 24.2. The number of nitrogens with one attached hydrogen (secondary N) is 1. The van der Waals surface area contributed by atoms with E-state index in [1.807, 2.05) is 6.07 Å². The summed E-state index contributed by atoms with van der Waals surface area (Å²) < 4.78 is 27.4. The number of hydrogen-bond donors (Lipinski definition) is 1. The number of carbonyl (C=O) groups is 1. The Hall–Kier alpha value is -2.42. The van der Waals surface area contributed by atoms with Crippen molar-refractivity contribution in [2.45, 2.75) is 11.4 Å². The third-order valence-electron chi connectivity index (χ3n) is 4.32. The standard InChI is InChI=1S/C22H18Cl3N3O3S/c23-18-7-9-19(10-8-18)32(30,31)28(14-16-4-2-1-3-5-16)15-22(29)27-26-13-17-6-11-20(24)21(25)12-17/h1-13H,14-15H2,(H,27,29)/b26-13-. The van der Waals surface area contributed by atoms with E-state index in [9.17, 15) is 13.2 Å². The predicted octanol–water partition coefficient (Wildman–Crippen LogP) is 4.99. The van der Waals surface area contributed by atoms with Gasteiger partial charge in [0.05, 0.1) is 27.7 Å². The Balaban J connectivity index is 1.77. The summed E-state index contributed by atoms with van der Waals surface area (Å²) >= 11 is 17.7. The lowest BCUT2D eigenvalue weighted by Gasteiger charge is -2.21. The molecule has 0 atom stereocenters. The van der Waals surface area contributed by atoms with Crippen molar-refractivity contribution in [3.8, 4) is 0 Å². The van der Waals surface area contributed by atoms with E-state index in [1.54, 1.807) is 42.5 Å². The van der Waals surface area contributed by atoms with Crippen molar-refractivity contribution >= 4 is 56.9 Å². The number of rotatable bonds is 8. The quantitative estimate of drug-likeness (QED) is 0.343. The van der Waals surface area contributed by atoms with Crippen LogP contribution in [0.2, 0.25) is 15.1 Å². The molecule has 6 nitrogen and oxygen atoms in total. The van der Waals surface area contributed by atoms with Gasteiger partial charge >= 0.3 is 0 Å². The third-order valence-corrected chi connectivity index (χ3v) is 7.12. The van der Waals surface area contributed by atoms with Gasteiger partial charge in [0.2, 0.25) is 10.0 Å². The highest BCUT2D eigenvalue weighted by atomic mass is 35.5. The Labute approximate surface area is 201 Å². The second-order valence-electron chi connectivity index (χ2n) is 6.68. The number of benzene rings is 3. The molecule has 10 heteroatoms. The molecule has 166 valence electrons. The Bertz CT molecular complexity index is 1220. The minimum atomic E-state index is -3.97. The Morgan fingerprint density at radius 2 is 1.62 bits per heavy atom. The average molecular weight is 511 g/mol. The van der Waals surface area contributed by atoms with Crippen LogP contribution >= 0.6 is 34.8 Å². The van der Waals surface area contributed by atoms with Crippen LogP contribution in [0.25, 0.3) is 0 Å². The molecule has 0 heterocycles. The van der Waals surface area contributed by atoms with Gasteiger partial charge in [0.15, 0.2) is 0 Å². The Morgan fingerprint density at radius 3 is 2.28 bits per heavy atom. The fraction of sp³-hybridized carbons (Fsp3) is 0.0909. The fourth-order valence-electron chi connectivity index (χ4n) is 2.74. The molecule has 3 rings (SSSR count). The minimum absolute atomic E-state index is 0.00965. The average Bonchev–Trinajstić information content (AvgIpc) is 2.77. The number of sulfonamides is 1. The molecule has 32 heavy (non-hydrogen) atoms. The molecule has 3 aromatic rings. The number of hydrogen-bond acceptors (Lipinski definition) is 4. The molecule has 0 saturated heterocycles. The van der Waals surface area contributed by atoms with Crippen molar-refractivity contribution in [2.75, 3.05) is 6.54 Å². The largest absolute Gasteiger partial charge is 0.272 e. The molecule has 1 N–H and O–H groups in total. The lowest BCUT2D eigenvalue weighted by atomic mass is 10.2. The van der Waals surface area contributed by atoms with Crippen LogP contribution in [0.5, 0.6) is 0 Å². The van der Waals surface area contributed by atoms with E-state index in [4.69, 9.17) is 34.8 Å². The SMILES string of the molecule is O=C(CN(Cc1ccccc1)S(=O)(=O)c1ccc(Cl)cc1)N/N=C\c1ccc(Cl)c(Cl)c1. The maximum absolute atomic E-state index is 13.2. The number of amides is 1. The minimum Gasteiger partial charge on any atom is -0.272 e. The van der Waals surface area contributed by atoms with Crippen LogP contribution in [-0.4, -0.2) is 31.4 Å². The molecule has 3 aromatic carbocycles. The molecular formula is C22H18Cl3N3O3S. The molecule has 0 aliphatic heterocycles. The lowest BCUT2D eigenvalue weighted by Crippen LogP contribution is -2.39. The highest BCUT2D eigenvalue weighted by Crippen LogP contribution is 2.22. The Morgan fingerprint density at radius 1 is 0.938 bits per heavy atom. The monoisotopic (exact) mass is 509 g/mol. The van der Waals surface area contributed by atoms with Crippen molar-refractivity contribution in [2.24, 2.45) is 5.10 Å². The van der Waals surface area contributed by atoms with Crippen LogP contribution < -0.4 is 5.43 Å². The van der Waals surface area contributed by atoms with E-state index >= 15 is 0 Å². The summed E-state index contributed by atoms with van der Waals surface area (Å²) in [6.45, 7) is -0.422. The first-order valence-corrected chi connectivity index (χ1v) is 11.9. The number of nitrogens with zero attached hydrogens (tertiary/aromatic N) is 2. The molecule has 0 aromatic heterocycles. The number of halogens is 3. The second kappa shape index (κ2) is 10.9. The van der Waals surface area contributed by atoms with Crippen LogP contribution in [-0.2, 0) is 21.4 Å². The van der Waals surface area contributed by atoms with E-state index < -0.39 is 22.5 Å². The molecule has 0 unspecified atom stereocenters. The zero-order valence-corrected chi connectivity index (χ0v) is 19.7. The van der Waals surface area contributed by atoms with E-state index in [1.165, 1.54) is 30.5 Å². The van der Waals surface area contributed by atoms with Crippen molar-refractivity contribution < 1.29 is 13.2 Å². The fourth-order valence-corrected chi connectivity index (χ4v) is 4.55. The van der Waals surface area contributed by atoms with Crippen LogP contribution in [0.1, 0.15) is 11.1 Å². The van der Waals surface area contributed by atoms with E-state index in [0.717, 1.165) is 9.87 Å². The van der Waals surface area contributed by atoms with Crippen LogP contribution in [0, 0.1) is 0 Å². The molecule has 0 radical (unpaired) electrons. The summed E-state index contributed by atoms with van der Waals surface area (Å²) in [4.78, 5) is 12.5. The van der Waals surface area contributed by atoms with Crippen molar-refractivity contribution in [1.82, 2.24) is 9.73 Å². The smallest absolute Gasteiger partial charge is 0.255 e. The van der Waals surface area contributed by atoms with E-state index in [-0.39, 0.29) is 11.4 Å². The molecule has 0 saturated carbocycles. The van der Waals surface area contributed by atoms with Gasteiger partial charge in [0.1, 0.15) is 0 Å². The van der Waals surface area contributed by atoms with Gasteiger partial charge in [-0.1, -0.05) is 71.2 Å². The van der Waals surface area contributed by atoms with Gasteiger partial charge in [0.25, 0.3) is 5.91 Å². The highest BCUT2D eigenvalue weighted by molar-refractivity contribution is 7.89. The first-order chi connectivity index (χ1) is 15.3. The molecular weight excluding hydrogens is 493 g/mol. The first-order valence-electron chi connectivity index (χ1n) is 9.32. The highest BCUT2D eigenvalue weighted by Gasteiger charge is 2.27. The maximum atomic E-state index is 13.2. The van der Waals surface area contributed by atoms with Crippen LogP contribution in [0.15, 0.2) is 82.8 Å². The summed E-state index contributed by atoms with van der Waals surface area (Å²) in [5.74, 6) is -0.602. The van der Waals surface area contributed by atoms with Gasteiger partial charge < -0.3 is 0 Å². The van der Waals surface area contributed by atoms with Gasteiger partial charge in [-0.25, -0.2) is 13.8 Å². The third kappa shape index (κ3) is 6.54. The van der Waals surface area contributed by atoms with Gasteiger partial charge in [-0.2, -0.15) is 9.41 Å². The van der Waals surface area contributed by atoms with Crippen molar-refractivity contribution in [3.05, 3.63) is 99.0 Å². The summed E-state index contributed by atoms with van der Waals surface area (Å²) in [5.41, 5.74) is 3.69. The summed E-state index contributed by atoms with van der Waals surface area (Å²) in [6, 6.07) is 19.6. The zero-order valence-electron chi connectivity index (χ0n) is 16.6. The van der Waals surface area contributed by atoms with Crippen molar-refractivity contribution in [1.29, 1.82) is 0 Å². The molecule has 0 aliphatic carbocycles. The summed E-state index contributed by atoms with van der Waals surface area (Å²) in [5, 5.41) is 5.04. The van der Waals surface area contributed by atoms with E-state index in [2.05, 4.69) is 10.5 Å². The molecule has 0 bridgehead atoms. The lowest BCUT2D eigenvalue weighted by molar-refractivity contribution is -0.121. The van der Waals surface area contributed by atoms with E-state index in [0.29, 0.717) is 20.6 Å². The molecule has 0 aliphatic rings. The molecule has 0 spiro atoms.